The van der Waals surface area contributed by atoms with Crippen molar-refractivity contribution in [2.45, 2.75) is 85.3 Å². The Kier molecular flexibility index (Phi) is 10.9. The second-order valence-electron chi connectivity index (χ2n) is 13.2. The van der Waals surface area contributed by atoms with Crippen molar-refractivity contribution >= 4 is 12.1 Å². The van der Waals surface area contributed by atoms with E-state index in [0.717, 1.165) is 0 Å². The quantitative estimate of drug-likeness (QED) is 0.170. The lowest BCUT2D eigenvalue weighted by atomic mass is 9.97. The molecule has 4 rings (SSSR count). The Bertz CT molecular complexity index is 1710. The molecule has 0 radical (unpaired) electrons. The van der Waals surface area contributed by atoms with Crippen LogP contribution in [0.5, 0.6) is 11.5 Å². The smallest absolute Gasteiger partial charge is 0.408 e. The van der Waals surface area contributed by atoms with Gasteiger partial charge in [0.25, 0.3) is 0 Å². The van der Waals surface area contributed by atoms with E-state index in [1.165, 1.54) is 0 Å². The van der Waals surface area contributed by atoms with Crippen LogP contribution in [0.25, 0.3) is 11.1 Å². The molecule has 3 aromatic carbocycles. The van der Waals surface area contributed by atoms with E-state index < -0.39 is 29.2 Å². The number of ether oxygens (including phenoxy) is 4. The summed E-state index contributed by atoms with van der Waals surface area (Å²) in [5, 5.41) is 6.97. The largest absolute Gasteiger partial charge is 0.489 e. The number of benzene rings is 3. The maximum atomic E-state index is 16.1. The van der Waals surface area contributed by atoms with E-state index in [0.29, 0.717) is 45.1 Å². The van der Waals surface area contributed by atoms with Gasteiger partial charge in [-0.1, -0.05) is 36.4 Å². The summed E-state index contributed by atoms with van der Waals surface area (Å²) in [6.07, 6.45) is 0.989. The van der Waals surface area contributed by atoms with Gasteiger partial charge < -0.3 is 24.3 Å². The van der Waals surface area contributed by atoms with Crippen LogP contribution in [0.15, 0.2) is 67.0 Å². The average Bonchev–Trinajstić information content (AvgIpc) is 3.38. The molecule has 11 heteroatoms. The first-order chi connectivity index (χ1) is 22.1. The minimum atomic E-state index is -0.690. The van der Waals surface area contributed by atoms with Gasteiger partial charge in [-0.05, 0) is 83.9 Å². The number of para-hydroxylation sites is 1. The molecule has 1 heterocycles. The van der Waals surface area contributed by atoms with Crippen LogP contribution in [0.3, 0.4) is 0 Å². The highest BCUT2D eigenvalue weighted by molar-refractivity contribution is 5.74. The fraction of sp³-hybridized carbons (Fsp3) is 0.389. The molecule has 0 unspecified atom stereocenters. The molecular weight excluding hydrogens is 603 g/mol. The van der Waals surface area contributed by atoms with Crippen LogP contribution in [0.4, 0.5) is 9.18 Å². The molecule has 1 amide bonds. The fourth-order valence-electron chi connectivity index (χ4n) is 4.73. The second kappa shape index (κ2) is 14.7. The number of carbonyl (C=O) groups excluding carboxylic acids is 2. The lowest BCUT2D eigenvalue weighted by molar-refractivity contribution is -0.153. The number of nitrogens with zero attached hydrogens (tertiary/aromatic N) is 3. The minimum Gasteiger partial charge on any atom is -0.489 e. The summed E-state index contributed by atoms with van der Waals surface area (Å²) in [6, 6.07) is 17.0. The van der Waals surface area contributed by atoms with Crippen molar-refractivity contribution in [1.82, 2.24) is 20.1 Å². The normalized spacial score (nSPS) is 12.3. The summed E-state index contributed by atoms with van der Waals surface area (Å²) in [7, 11) is 1.77. The predicted octanol–water partition coefficient (Wildman–Crippen LogP) is 7.25. The Labute approximate surface area is 275 Å². The van der Waals surface area contributed by atoms with Crippen molar-refractivity contribution < 1.29 is 32.9 Å². The zero-order valence-corrected chi connectivity index (χ0v) is 28.2. The lowest BCUT2D eigenvalue weighted by Crippen LogP contribution is -2.34. The fourth-order valence-corrected chi connectivity index (χ4v) is 4.73. The van der Waals surface area contributed by atoms with Crippen LogP contribution >= 0.6 is 0 Å². The van der Waals surface area contributed by atoms with Crippen LogP contribution in [0.1, 0.15) is 77.0 Å². The molecule has 4 aromatic rings. The van der Waals surface area contributed by atoms with Gasteiger partial charge in [-0.25, -0.2) is 14.2 Å². The standard InChI is InChI=1S/C36H43FN4O6/c1-23(39-34(43)47-36(5,6)7)28-13-11-14-29(33(28)37)26-16-24(17-27(18-26)44-21-31-38-22-41(8)40-31)20-45-30-15-10-9-12-25(30)19-32(42)46-35(2,3)4/h9-18,22-23H,19-21H2,1-8H3,(H,39,43)/t23-/m1/s1. The first-order valence-corrected chi connectivity index (χ1v) is 15.4. The SMILES string of the molecule is C[C@@H](NC(=O)OC(C)(C)C)c1cccc(-c2cc(COc3ccccc3CC(=O)OC(C)(C)C)cc(OCc3ncn(C)n3)c2)c1F. The summed E-state index contributed by atoms with van der Waals surface area (Å²) in [5.74, 6) is 0.621. The highest BCUT2D eigenvalue weighted by atomic mass is 19.1. The monoisotopic (exact) mass is 646 g/mol. The minimum absolute atomic E-state index is 0.0481. The molecule has 47 heavy (non-hydrogen) atoms. The summed E-state index contributed by atoms with van der Waals surface area (Å²) >= 11 is 0. The molecule has 250 valence electrons. The maximum Gasteiger partial charge on any atom is 0.408 e. The average molecular weight is 647 g/mol. The molecule has 0 aliphatic carbocycles. The molecule has 1 N–H and O–H groups in total. The number of hydrogen-bond acceptors (Lipinski definition) is 8. The van der Waals surface area contributed by atoms with Crippen LogP contribution in [0.2, 0.25) is 0 Å². The number of aryl methyl sites for hydroxylation is 1. The first kappa shape index (κ1) is 34.9. The molecule has 0 saturated heterocycles. The predicted molar refractivity (Wildman–Crippen MR) is 175 cm³/mol. The molecule has 1 aromatic heterocycles. The van der Waals surface area contributed by atoms with Gasteiger partial charge in [0.05, 0.1) is 12.5 Å². The highest BCUT2D eigenvalue weighted by Crippen LogP contribution is 2.33. The summed E-state index contributed by atoms with van der Waals surface area (Å²) < 4.78 is 40.8. The van der Waals surface area contributed by atoms with Gasteiger partial charge in [0.1, 0.15) is 48.1 Å². The number of alkyl carbamates (subject to hydrolysis) is 1. The maximum absolute atomic E-state index is 16.1. The second-order valence-corrected chi connectivity index (χ2v) is 13.2. The summed E-state index contributed by atoms with van der Waals surface area (Å²) in [5.41, 5.74) is 1.24. The number of rotatable bonds is 11. The van der Waals surface area contributed by atoms with Crippen LogP contribution in [0, 0.1) is 5.82 Å². The van der Waals surface area contributed by atoms with Gasteiger partial charge >= 0.3 is 12.1 Å². The molecule has 0 aliphatic heterocycles. The summed E-state index contributed by atoms with van der Waals surface area (Å²) in [4.78, 5) is 29.2. The molecule has 0 spiro atoms. The Morgan fingerprint density at radius 2 is 1.64 bits per heavy atom. The van der Waals surface area contributed by atoms with Gasteiger partial charge in [-0.15, -0.1) is 0 Å². The van der Waals surface area contributed by atoms with Gasteiger partial charge in [0.15, 0.2) is 5.82 Å². The summed E-state index contributed by atoms with van der Waals surface area (Å²) in [6.45, 7) is 12.6. The van der Waals surface area contributed by atoms with Crippen LogP contribution < -0.4 is 14.8 Å². The zero-order chi connectivity index (χ0) is 34.4. The van der Waals surface area contributed by atoms with E-state index in [9.17, 15) is 9.59 Å². The number of carbonyl (C=O) groups is 2. The highest BCUT2D eigenvalue weighted by Gasteiger charge is 2.22. The third-order valence-electron chi connectivity index (χ3n) is 6.64. The van der Waals surface area contributed by atoms with Gasteiger partial charge in [-0.3, -0.25) is 9.48 Å². The first-order valence-electron chi connectivity index (χ1n) is 15.4. The third-order valence-corrected chi connectivity index (χ3v) is 6.64. The van der Waals surface area contributed by atoms with E-state index in [4.69, 9.17) is 18.9 Å². The number of nitrogens with one attached hydrogen (secondary N) is 1. The van der Waals surface area contributed by atoms with Crippen molar-refractivity contribution in [2.24, 2.45) is 7.05 Å². The third kappa shape index (κ3) is 10.6. The number of aromatic nitrogens is 3. The number of esters is 1. The van der Waals surface area contributed by atoms with Gasteiger partial charge in [-0.2, -0.15) is 5.10 Å². The lowest BCUT2D eigenvalue weighted by Gasteiger charge is -2.22. The van der Waals surface area contributed by atoms with E-state index >= 15 is 4.39 Å². The number of halogens is 1. The Balaban J connectivity index is 1.62. The molecule has 0 saturated carbocycles. The number of hydrogen-bond donors (Lipinski definition) is 1. The zero-order valence-electron chi connectivity index (χ0n) is 28.2. The molecular formula is C36H43FN4O6. The Morgan fingerprint density at radius 3 is 2.32 bits per heavy atom. The molecule has 1 atom stereocenters. The van der Waals surface area contributed by atoms with Crippen molar-refractivity contribution in [1.29, 1.82) is 0 Å². The van der Waals surface area contributed by atoms with Crippen LogP contribution in [-0.4, -0.2) is 38.0 Å². The van der Waals surface area contributed by atoms with E-state index in [-0.39, 0.29) is 25.6 Å². The molecule has 0 aliphatic rings. The van der Waals surface area contributed by atoms with Crippen molar-refractivity contribution in [3.8, 4) is 22.6 Å². The Morgan fingerprint density at radius 1 is 0.915 bits per heavy atom. The van der Waals surface area contributed by atoms with Gasteiger partial charge in [0, 0.05) is 23.7 Å². The molecule has 0 bridgehead atoms. The Hall–Kier alpha value is -4.93. The van der Waals surface area contributed by atoms with E-state index in [2.05, 4.69) is 15.4 Å². The number of amides is 1. The van der Waals surface area contributed by atoms with Crippen molar-refractivity contribution in [3.63, 3.8) is 0 Å². The van der Waals surface area contributed by atoms with Gasteiger partial charge in [0.2, 0.25) is 0 Å². The van der Waals surface area contributed by atoms with Crippen LogP contribution in [-0.2, 0) is 41.0 Å². The van der Waals surface area contributed by atoms with Crippen molar-refractivity contribution in [2.75, 3.05) is 0 Å². The topological polar surface area (TPSA) is 114 Å². The van der Waals surface area contributed by atoms with E-state index in [1.54, 1.807) is 82.1 Å². The van der Waals surface area contributed by atoms with E-state index in [1.807, 2.05) is 45.0 Å². The molecule has 10 nitrogen and oxygen atoms in total. The molecule has 0 fully saturated rings. The van der Waals surface area contributed by atoms with Crippen molar-refractivity contribution in [3.05, 3.63) is 95.3 Å².